The van der Waals surface area contributed by atoms with Crippen LogP contribution in [0.25, 0.3) is 5.69 Å². The van der Waals surface area contributed by atoms with Crippen molar-refractivity contribution in [1.29, 1.82) is 5.41 Å². The third kappa shape index (κ3) is 7.03. The minimum absolute atomic E-state index is 0.110. The molecule has 12 heteroatoms. The van der Waals surface area contributed by atoms with Crippen LogP contribution in [0.1, 0.15) is 35.3 Å². The van der Waals surface area contributed by atoms with Crippen LogP contribution >= 0.6 is 40.0 Å². The molecule has 0 bridgehead atoms. The third-order valence-corrected chi connectivity index (χ3v) is 6.62. The number of aromatic nitrogens is 2. The summed E-state index contributed by atoms with van der Waals surface area (Å²) in [4.78, 5) is 12.7. The Labute approximate surface area is 235 Å². The monoisotopic (exact) mass is 652 g/mol. The molecule has 2 aromatic carbocycles. The molecule has 0 aliphatic rings. The highest BCUT2D eigenvalue weighted by Crippen LogP contribution is 2.36. The van der Waals surface area contributed by atoms with Gasteiger partial charge in [0.25, 0.3) is 5.91 Å². The maximum absolute atomic E-state index is 12.7. The van der Waals surface area contributed by atoms with Gasteiger partial charge in [0.1, 0.15) is 5.75 Å². The average molecular weight is 653 g/mol. The first-order valence-corrected chi connectivity index (χ1v) is 15.4. The molecule has 4 N–H and O–H groups in total. The Bertz CT molecular complexity index is 1370. The molecule has 0 spiro atoms. The topological polar surface area (TPSA) is 113 Å². The Morgan fingerprint density at radius 1 is 1.27 bits per heavy atom. The normalized spacial score (nSPS) is 10.6. The summed E-state index contributed by atoms with van der Waals surface area (Å²) < 4.78 is 12.4. The number of nitrogens with zero attached hydrogens (tertiary/aromatic N) is 2. The lowest BCUT2D eigenvalue weighted by Gasteiger charge is -2.13. The first-order valence-electron chi connectivity index (χ1n) is 10.9. The van der Waals surface area contributed by atoms with E-state index in [0.29, 0.717) is 45.5 Å². The summed E-state index contributed by atoms with van der Waals surface area (Å²) in [5.74, 6) is 0.666. The fourth-order valence-electron chi connectivity index (χ4n) is 3.26. The maximum atomic E-state index is 12.7. The zero-order valence-corrected chi connectivity index (χ0v) is 24.6. The van der Waals surface area contributed by atoms with Crippen molar-refractivity contribution in [2.45, 2.75) is 20.8 Å². The summed E-state index contributed by atoms with van der Waals surface area (Å²) in [6, 6.07) is 8.85. The molecule has 0 aliphatic carbocycles. The second kappa shape index (κ2) is 12.9. The summed E-state index contributed by atoms with van der Waals surface area (Å²) in [7, 11) is 1.49. The van der Waals surface area contributed by atoms with Crippen molar-refractivity contribution in [3.8, 4) is 11.4 Å². The third-order valence-electron chi connectivity index (χ3n) is 5.04. The van der Waals surface area contributed by atoms with E-state index in [9.17, 15) is 4.79 Å². The number of benzene rings is 2. The van der Waals surface area contributed by atoms with E-state index in [4.69, 9.17) is 26.5 Å². The Morgan fingerprint density at radius 3 is 2.65 bits per heavy atom. The number of allylic oxidation sites excluding steroid dienone is 1. The number of hydrogen-bond donors (Lipinski definition) is 4. The number of halogens is 2. The quantitative estimate of drug-likeness (QED) is 0.0762. The number of ether oxygens (including phenoxy) is 2. The van der Waals surface area contributed by atoms with Crippen molar-refractivity contribution in [2.75, 3.05) is 17.5 Å². The van der Waals surface area contributed by atoms with Gasteiger partial charge in [-0.3, -0.25) is 10.1 Å². The van der Waals surface area contributed by atoms with E-state index in [1.54, 1.807) is 22.9 Å². The summed E-state index contributed by atoms with van der Waals surface area (Å²) in [6.07, 6.45) is 5.04. The molecule has 0 saturated carbocycles. The van der Waals surface area contributed by atoms with Crippen LogP contribution in [0, 0.1) is 12.3 Å². The molecule has 1 atom stereocenters. The van der Waals surface area contributed by atoms with Crippen LogP contribution in [0.2, 0.25) is 5.02 Å². The minimum Gasteiger partial charge on any atom is -0.496 e. The molecule has 1 heterocycles. The van der Waals surface area contributed by atoms with Crippen molar-refractivity contribution >= 4 is 69.3 Å². The minimum atomic E-state index is -0.410. The summed E-state index contributed by atoms with van der Waals surface area (Å²) in [5.41, 5.74) is 4.85. The van der Waals surface area contributed by atoms with Gasteiger partial charge in [0.05, 0.1) is 35.3 Å². The van der Waals surface area contributed by atoms with E-state index in [-0.39, 0.29) is 5.88 Å². The van der Waals surface area contributed by atoms with Gasteiger partial charge in [0, 0.05) is 41.7 Å². The standard InChI is InChI=1S/C25H27ClIN6O3P/c1-14(2)13-36-16(4)29-25(34)18-7-6-17(10-22(18)35-5)33-12-15(3)24(31-33)30-21-9-8-20(32-37-27)19(11-28)23(21)26/h6-13,28,32,37H,4H2,1-3,5H3,(H,29,34)(H,30,31). The predicted octanol–water partition coefficient (Wildman–Crippen LogP) is 7.08. The molecular formula is C25H27ClIN6O3P. The number of carbonyl (C=O) groups excluding carboxylic acids is 1. The van der Waals surface area contributed by atoms with Crippen LogP contribution in [0.5, 0.6) is 5.75 Å². The van der Waals surface area contributed by atoms with E-state index in [2.05, 4.69) is 49.4 Å². The van der Waals surface area contributed by atoms with Crippen LogP contribution in [-0.4, -0.2) is 29.0 Å². The lowest BCUT2D eigenvalue weighted by Crippen LogP contribution is -2.23. The number of aryl methyl sites for hydroxylation is 1. The van der Waals surface area contributed by atoms with Gasteiger partial charge >= 0.3 is 0 Å². The van der Waals surface area contributed by atoms with Gasteiger partial charge < -0.3 is 25.3 Å². The molecule has 1 aromatic heterocycles. The lowest BCUT2D eigenvalue weighted by molar-refractivity contribution is 0.0940. The predicted molar refractivity (Wildman–Crippen MR) is 161 cm³/mol. The van der Waals surface area contributed by atoms with Crippen molar-refractivity contribution in [2.24, 2.45) is 0 Å². The van der Waals surface area contributed by atoms with Crippen molar-refractivity contribution < 1.29 is 14.3 Å². The Kier molecular flexibility index (Phi) is 9.96. The molecule has 3 aromatic rings. The van der Waals surface area contributed by atoms with E-state index in [0.717, 1.165) is 16.8 Å². The van der Waals surface area contributed by atoms with Crippen LogP contribution in [0.3, 0.4) is 0 Å². The number of amides is 1. The molecule has 0 saturated heterocycles. The second-order valence-corrected chi connectivity index (χ2v) is 10.5. The smallest absolute Gasteiger partial charge is 0.261 e. The van der Waals surface area contributed by atoms with Crippen molar-refractivity contribution in [3.05, 3.63) is 82.5 Å². The number of rotatable bonds is 11. The lowest BCUT2D eigenvalue weighted by atomic mass is 10.1. The number of hydrogen-bond acceptors (Lipinski definition) is 7. The maximum Gasteiger partial charge on any atom is 0.261 e. The van der Waals surface area contributed by atoms with E-state index < -0.39 is 5.91 Å². The van der Waals surface area contributed by atoms with E-state index in [1.807, 2.05) is 39.1 Å². The number of nitrogens with one attached hydrogen (secondary N) is 4. The van der Waals surface area contributed by atoms with Gasteiger partial charge in [-0.2, -0.15) is 0 Å². The Hall–Kier alpha value is -3.08. The molecule has 3 rings (SSSR count). The van der Waals surface area contributed by atoms with E-state index in [1.165, 1.54) is 19.6 Å². The second-order valence-electron chi connectivity index (χ2n) is 8.06. The van der Waals surface area contributed by atoms with Crippen LogP contribution < -0.4 is 20.5 Å². The van der Waals surface area contributed by atoms with Gasteiger partial charge in [0.2, 0.25) is 0 Å². The van der Waals surface area contributed by atoms with Crippen LogP contribution in [0.15, 0.2) is 60.8 Å². The first-order chi connectivity index (χ1) is 17.7. The Morgan fingerprint density at radius 2 is 2.00 bits per heavy atom. The SMILES string of the molecule is C=C(NC(=O)c1ccc(-n2cc(C)c(Nc3ccc(NPI)c(C=N)c3Cl)n2)cc1OC)OC=C(C)C. The molecule has 194 valence electrons. The number of anilines is 3. The van der Waals surface area contributed by atoms with Gasteiger partial charge in [-0.1, -0.05) is 11.6 Å². The largest absolute Gasteiger partial charge is 0.496 e. The number of methoxy groups -OCH3 is 1. The highest BCUT2D eigenvalue weighted by atomic mass is 127. The molecule has 9 nitrogen and oxygen atoms in total. The summed E-state index contributed by atoms with van der Waals surface area (Å²) in [5, 5.41) is 21.9. The van der Waals surface area contributed by atoms with Gasteiger partial charge in [-0.05, 0) is 79.2 Å². The zero-order valence-electron chi connectivity index (χ0n) is 20.7. The zero-order chi connectivity index (χ0) is 27.1. The fourth-order valence-corrected chi connectivity index (χ4v) is 4.71. The molecule has 0 aliphatic heterocycles. The van der Waals surface area contributed by atoms with Gasteiger partial charge in [-0.25, -0.2) is 4.68 Å². The van der Waals surface area contributed by atoms with Gasteiger partial charge in [-0.15, -0.1) is 5.10 Å². The van der Waals surface area contributed by atoms with Crippen LogP contribution in [-0.2, 0) is 4.74 Å². The highest BCUT2D eigenvalue weighted by Gasteiger charge is 2.17. The number of carbonyl (C=O) groups is 1. The van der Waals surface area contributed by atoms with Crippen molar-refractivity contribution in [1.82, 2.24) is 15.1 Å². The van der Waals surface area contributed by atoms with Gasteiger partial charge in [0.15, 0.2) is 11.7 Å². The molecule has 1 amide bonds. The van der Waals surface area contributed by atoms with Crippen LogP contribution in [0.4, 0.5) is 17.2 Å². The summed E-state index contributed by atoms with van der Waals surface area (Å²) >= 11 is 8.80. The highest BCUT2D eigenvalue weighted by molar-refractivity contribution is 14.2. The molecule has 0 radical (unpaired) electrons. The summed E-state index contributed by atoms with van der Waals surface area (Å²) in [6.45, 7) is 9.37. The van der Waals surface area contributed by atoms with E-state index >= 15 is 0 Å². The molecule has 1 unspecified atom stereocenters. The average Bonchev–Trinajstić information content (AvgIpc) is 3.24. The molecule has 37 heavy (non-hydrogen) atoms. The van der Waals surface area contributed by atoms with Crippen molar-refractivity contribution in [3.63, 3.8) is 0 Å². The molecular weight excluding hydrogens is 626 g/mol. The molecule has 0 fully saturated rings. The first kappa shape index (κ1) is 28.5. The fraction of sp³-hybridized carbons (Fsp3) is 0.160. The Balaban J connectivity index is 1.84.